The number of aromatic nitrogens is 2. The van der Waals surface area contributed by atoms with Crippen molar-refractivity contribution in [2.75, 3.05) is 13.7 Å². The van der Waals surface area contributed by atoms with Crippen LogP contribution in [0.1, 0.15) is 45.6 Å². The van der Waals surface area contributed by atoms with Crippen LogP contribution >= 0.6 is 0 Å². The molecule has 2 heterocycles. The monoisotopic (exact) mass is 307 g/mol. The molecule has 1 amide bonds. The van der Waals surface area contributed by atoms with Gasteiger partial charge >= 0.3 is 6.09 Å². The number of nitrogens with zero attached hydrogens (tertiary/aromatic N) is 3. The second kappa shape index (κ2) is 6.34. The third kappa shape index (κ3) is 2.53. The van der Waals surface area contributed by atoms with Crippen molar-refractivity contribution in [2.45, 2.75) is 39.8 Å². The number of likely N-dealkylation sites (N-methyl/N-ethyl adjacent to an activating group) is 1. The number of carbonyl (C=O) groups is 1. The van der Waals surface area contributed by atoms with Gasteiger partial charge in [0, 0.05) is 13.1 Å². The van der Waals surface area contributed by atoms with Crippen molar-refractivity contribution in [3.63, 3.8) is 0 Å². The van der Waals surface area contributed by atoms with Crippen molar-refractivity contribution in [1.82, 2.24) is 14.5 Å². The Morgan fingerprint density at radius 2 is 2.05 bits per heavy atom. The first-order valence-electron chi connectivity index (χ1n) is 7.56. The van der Waals surface area contributed by atoms with Crippen LogP contribution in [0.2, 0.25) is 0 Å². The van der Waals surface area contributed by atoms with Gasteiger partial charge in [-0.1, -0.05) is 19.9 Å². The number of imidazole rings is 1. The molecular weight excluding hydrogens is 285 g/mol. The average Bonchev–Trinajstić information content (AvgIpc) is 3.04. The summed E-state index contributed by atoms with van der Waals surface area (Å²) in [4.78, 5) is 17.4. The molecule has 0 saturated carbocycles. The number of cyclic esters (lactones) is 1. The van der Waals surface area contributed by atoms with Gasteiger partial charge < -0.3 is 9.30 Å². The smallest absolute Gasteiger partial charge is 0.410 e. The largest absolute Gasteiger partial charge is 0.447 e. The summed E-state index contributed by atoms with van der Waals surface area (Å²) in [7, 11) is 1.67. The van der Waals surface area contributed by atoms with Crippen LogP contribution in [-0.2, 0) is 4.74 Å². The van der Waals surface area contributed by atoms with Gasteiger partial charge in [-0.05, 0) is 26.0 Å². The Morgan fingerprint density at radius 3 is 2.59 bits per heavy atom. The molecule has 120 valence electrons. The molecule has 5 nitrogen and oxygen atoms in total. The molecule has 1 fully saturated rings. The van der Waals surface area contributed by atoms with Gasteiger partial charge in [-0.25, -0.2) is 14.2 Å². The molecule has 22 heavy (non-hydrogen) atoms. The topological polar surface area (TPSA) is 47.4 Å². The predicted octanol–water partition coefficient (Wildman–Crippen LogP) is 3.91. The minimum Gasteiger partial charge on any atom is -0.447 e. The minimum atomic E-state index is -0.377. The fraction of sp³-hybridized carbons (Fsp3) is 0.500. The van der Waals surface area contributed by atoms with Crippen LogP contribution in [0.15, 0.2) is 18.2 Å². The first-order valence-corrected chi connectivity index (χ1v) is 7.56. The van der Waals surface area contributed by atoms with E-state index >= 15 is 0 Å². The number of ether oxygens (including phenoxy) is 1. The highest BCUT2D eigenvalue weighted by molar-refractivity contribution is 5.77. The molecule has 3 rings (SSSR count). The number of rotatable bonds is 2. The summed E-state index contributed by atoms with van der Waals surface area (Å²) < 4.78 is 20.9. The van der Waals surface area contributed by atoms with Crippen LogP contribution in [0, 0.1) is 5.82 Å². The number of amides is 1. The van der Waals surface area contributed by atoms with E-state index in [0.717, 1.165) is 5.52 Å². The summed E-state index contributed by atoms with van der Waals surface area (Å²) in [5, 5.41) is 0. The third-order valence-corrected chi connectivity index (χ3v) is 3.63. The summed E-state index contributed by atoms with van der Waals surface area (Å²) in [6, 6.07) is 4.73. The van der Waals surface area contributed by atoms with Crippen LogP contribution in [0.3, 0.4) is 0 Å². The first-order chi connectivity index (χ1) is 10.5. The van der Waals surface area contributed by atoms with E-state index in [0.29, 0.717) is 11.3 Å². The Balaban J connectivity index is 0.000000847. The van der Waals surface area contributed by atoms with Gasteiger partial charge in [-0.2, -0.15) is 0 Å². The molecular formula is C16H22FN3O2. The normalized spacial score (nSPS) is 17.7. The molecule has 1 aliphatic heterocycles. The zero-order chi connectivity index (χ0) is 16.4. The van der Waals surface area contributed by atoms with Gasteiger partial charge in [0.2, 0.25) is 0 Å². The quantitative estimate of drug-likeness (QED) is 0.845. The highest BCUT2D eigenvalue weighted by atomic mass is 19.1. The zero-order valence-corrected chi connectivity index (χ0v) is 13.6. The fourth-order valence-electron chi connectivity index (χ4n) is 2.62. The Labute approximate surface area is 129 Å². The fourth-order valence-corrected chi connectivity index (χ4v) is 2.62. The number of halogens is 1. The molecule has 0 unspecified atom stereocenters. The van der Waals surface area contributed by atoms with E-state index in [1.165, 1.54) is 11.0 Å². The van der Waals surface area contributed by atoms with Gasteiger partial charge in [0.25, 0.3) is 0 Å². The molecule has 0 bridgehead atoms. The van der Waals surface area contributed by atoms with Crippen LogP contribution < -0.4 is 0 Å². The molecule has 6 heteroatoms. The zero-order valence-electron chi connectivity index (χ0n) is 13.6. The van der Waals surface area contributed by atoms with E-state index in [9.17, 15) is 9.18 Å². The van der Waals surface area contributed by atoms with Crippen molar-refractivity contribution in [1.29, 1.82) is 0 Å². The van der Waals surface area contributed by atoms with Crippen molar-refractivity contribution in [3.05, 3.63) is 29.8 Å². The Bertz CT molecular complexity index is 681. The van der Waals surface area contributed by atoms with Gasteiger partial charge in [0.05, 0.1) is 5.52 Å². The second-order valence-corrected chi connectivity index (χ2v) is 5.24. The standard InChI is InChI=1S/C14H16FN3O2.C2H6/c1-8(2)18-10-6-4-5-9(15)12(10)16-13(18)11-7-20-14(19)17(11)3;1-2/h4-6,8,11H,7H2,1-3H3;1-2H3/t11-;/m0./s1. The Morgan fingerprint density at radius 1 is 1.36 bits per heavy atom. The van der Waals surface area contributed by atoms with Crippen molar-refractivity contribution in [2.24, 2.45) is 0 Å². The van der Waals surface area contributed by atoms with E-state index in [2.05, 4.69) is 4.98 Å². The van der Waals surface area contributed by atoms with Gasteiger partial charge in [0.15, 0.2) is 5.82 Å². The predicted molar refractivity (Wildman–Crippen MR) is 83.3 cm³/mol. The maximum atomic E-state index is 13.9. The molecule has 1 aromatic heterocycles. The Hall–Kier alpha value is -2.11. The minimum absolute atomic E-state index is 0.112. The lowest BCUT2D eigenvalue weighted by atomic mass is 10.2. The third-order valence-electron chi connectivity index (χ3n) is 3.63. The number of benzene rings is 1. The molecule has 2 aromatic rings. The van der Waals surface area contributed by atoms with E-state index in [-0.39, 0.29) is 30.6 Å². The van der Waals surface area contributed by atoms with Gasteiger partial charge in [-0.3, -0.25) is 4.90 Å². The summed E-state index contributed by atoms with van der Waals surface area (Å²) in [5.74, 6) is 0.310. The molecule has 1 saturated heterocycles. The van der Waals surface area contributed by atoms with E-state index in [1.807, 2.05) is 38.3 Å². The molecule has 0 N–H and O–H groups in total. The lowest BCUT2D eigenvalue weighted by Gasteiger charge is -2.19. The molecule has 0 aliphatic carbocycles. The average molecular weight is 307 g/mol. The summed E-state index contributed by atoms with van der Waals surface area (Å²) in [5.41, 5.74) is 1.08. The lowest BCUT2D eigenvalue weighted by molar-refractivity contribution is 0.163. The maximum Gasteiger partial charge on any atom is 0.410 e. The molecule has 1 aliphatic rings. The number of hydrogen-bond acceptors (Lipinski definition) is 3. The van der Waals surface area contributed by atoms with Crippen LogP contribution in [0.4, 0.5) is 9.18 Å². The van der Waals surface area contributed by atoms with Crippen LogP contribution in [0.25, 0.3) is 11.0 Å². The number of fused-ring (bicyclic) bond motifs is 1. The second-order valence-electron chi connectivity index (χ2n) is 5.24. The SMILES string of the molecule is CC.CC(C)n1c([C@@H]2COC(=O)N2C)nc2c(F)cccc21. The summed E-state index contributed by atoms with van der Waals surface area (Å²) >= 11 is 0. The molecule has 1 atom stereocenters. The lowest BCUT2D eigenvalue weighted by Crippen LogP contribution is -2.25. The van der Waals surface area contributed by atoms with E-state index in [1.54, 1.807) is 13.1 Å². The first kappa shape index (κ1) is 16.3. The highest BCUT2D eigenvalue weighted by Gasteiger charge is 2.35. The maximum absolute atomic E-state index is 13.9. The van der Waals surface area contributed by atoms with Gasteiger partial charge in [-0.15, -0.1) is 0 Å². The van der Waals surface area contributed by atoms with E-state index < -0.39 is 0 Å². The summed E-state index contributed by atoms with van der Waals surface area (Å²) in [6.45, 7) is 8.26. The van der Waals surface area contributed by atoms with E-state index in [4.69, 9.17) is 4.74 Å². The number of carbonyl (C=O) groups excluding carboxylic acids is 1. The van der Waals surface area contributed by atoms with Crippen LogP contribution in [-0.4, -0.2) is 34.2 Å². The molecule has 1 aromatic carbocycles. The van der Waals surface area contributed by atoms with Crippen molar-refractivity contribution in [3.8, 4) is 0 Å². The Kier molecular flexibility index (Phi) is 4.68. The van der Waals surface area contributed by atoms with Crippen LogP contribution in [0.5, 0.6) is 0 Å². The molecule has 0 radical (unpaired) electrons. The van der Waals surface area contributed by atoms with Gasteiger partial charge in [0.1, 0.15) is 24.0 Å². The summed E-state index contributed by atoms with van der Waals surface area (Å²) in [6.07, 6.45) is -0.377. The number of hydrogen-bond donors (Lipinski definition) is 0. The highest BCUT2D eigenvalue weighted by Crippen LogP contribution is 2.31. The molecule has 0 spiro atoms. The number of para-hydroxylation sites is 1. The van der Waals surface area contributed by atoms with Crippen molar-refractivity contribution >= 4 is 17.1 Å². The van der Waals surface area contributed by atoms with Crippen molar-refractivity contribution < 1.29 is 13.9 Å².